The van der Waals surface area contributed by atoms with E-state index in [9.17, 15) is 4.79 Å². The van der Waals surface area contributed by atoms with Crippen molar-refractivity contribution >= 4 is 40.5 Å². The highest BCUT2D eigenvalue weighted by atomic mass is 35.5. The lowest BCUT2D eigenvalue weighted by molar-refractivity contribution is -0.113. The predicted molar refractivity (Wildman–Crippen MR) is 119 cm³/mol. The van der Waals surface area contributed by atoms with Gasteiger partial charge in [-0.2, -0.15) is 0 Å². The Hall–Kier alpha value is -2.37. The molecule has 1 heterocycles. The molecule has 1 aliphatic rings. The van der Waals surface area contributed by atoms with Crippen LogP contribution in [0.3, 0.4) is 0 Å². The van der Waals surface area contributed by atoms with Gasteiger partial charge in [0.1, 0.15) is 0 Å². The molecule has 0 saturated heterocycles. The molecule has 28 heavy (non-hydrogen) atoms. The van der Waals surface area contributed by atoms with E-state index in [2.05, 4.69) is 17.1 Å². The second-order valence-electron chi connectivity index (χ2n) is 6.59. The quantitative estimate of drug-likeness (QED) is 0.680. The molecule has 1 unspecified atom stereocenters. The molecule has 2 aromatic rings. The van der Waals surface area contributed by atoms with Crippen LogP contribution in [-0.2, 0) is 4.79 Å². The van der Waals surface area contributed by atoms with Crippen LogP contribution in [0.25, 0.3) is 0 Å². The van der Waals surface area contributed by atoms with Crippen LogP contribution in [-0.4, -0.2) is 33.9 Å². The maximum atomic E-state index is 13.4. The minimum atomic E-state index is -0.263. The number of halogens is 1. The minimum absolute atomic E-state index is 0.122. The molecule has 2 aromatic carbocycles. The van der Waals surface area contributed by atoms with Crippen LogP contribution in [0.4, 0.5) is 5.69 Å². The lowest BCUT2D eigenvalue weighted by Crippen LogP contribution is -2.50. The maximum absolute atomic E-state index is 13.4. The summed E-state index contributed by atoms with van der Waals surface area (Å²) in [6.07, 6.45) is 0. The van der Waals surface area contributed by atoms with Gasteiger partial charge < -0.3 is 15.1 Å². The van der Waals surface area contributed by atoms with E-state index in [0.717, 1.165) is 22.1 Å². The van der Waals surface area contributed by atoms with Gasteiger partial charge in [0.2, 0.25) is 0 Å². The average molecular weight is 414 g/mol. The number of nitrogens with one attached hydrogen (secondary N) is 1. The first-order chi connectivity index (χ1) is 13.5. The van der Waals surface area contributed by atoms with Crippen LogP contribution in [0.1, 0.15) is 32.4 Å². The molecule has 1 aliphatic heterocycles. The fourth-order valence-corrected chi connectivity index (χ4v) is 4.22. The van der Waals surface area contributed by atoms with Gasteiger partial charge in [-0.05, 0) is 62.8 Å². The topological polar surface area (TPSA) is 35.6 Å². The van der Waals surface area contributed by atoms with Crippen molar-refractivity contribution in [1.29, 1.82) is 0 Å². The van der Waals surface area contributed by atoms with Gasteiger partial charge in [-0.25, -0.2) is 0 Å². The van der Waals surface area contributed by atoms with E-state index in [1.165, 1.54) is 0 Å². The molecule has 0 saturated carbocycles. The number of likely N-dealkylation sites (N-methyl/N-ethyl adjacent to an activating group) is 1. The third kappa shape index (κ3) is 3.91. The highest BCUT2D eigenvalue weighted by Crippen LogP contribution is 2.38. The largest absolute Gasteiger partial charge is 0.338 e. The van der Waals surface area contributed by atoms with Crippen LogP contribution in [0, 0.1) is 0 Å². The summed E-state index contributed by atoms with van der Waals surface area (Å²) >= 11 is 11.8. The second-order valence-corrected chi connectivity index (χ2v) is 7.39. The molecule has 1 N–H and O–H groups in total. The summed E-state index contributed by atoms with van der Waals surface area (Å²) in [7, 11) is 0. The first kappa shape index (κ1) is 20.4. The Labute approximate surface area is 176 Å². The van der Waals surface area contributed by atoms with Crippen LogP contribution in [0.15, 0.2) is 65.9 Å². The van der Waals surface area contributed by atoms with Crippen molar-refractivity contribution in [3.63, 3.8) is 0 Å². The number of carbonyl (C=O) groups is 1. The molecule has 6 heteroatoms. The van der Waals surface area contributed by atoms with Gasteiger partial charge in [-0.1, -0.05) is 41.9 Å². The summed E-state index contributed by atoms with van der Waals surface area (Å²) in [5.41, 5.74) is 3.33. The van der Waals surface area contributed by atoms with Crippen molar-refractivity contribution in [2.45, 2.75) is 26.8 Å². The molecule has 3 rings (SSSR count). The fourth-order valence-electron chi connectivity index (χ4n) is 3.60. The van der Waals surface area contributed by atoms with E-state index in [0.29, 0.717) is 23.7 Å². The second kappa shape index (κ2) is 8.76. The summed E-state index contributed by atoms with van der Waals surface area (Å²) in [5.74, 6) is -0.122. The number of benzene rings is 2. The zero-order valence-corrected chi connectivity index (χ0v) is 17.8. The van der Waals surface area contributed by atoms with Crippen LogP contribution in [0.2, 0.25) is 5.02 Å². The Kier molecular flexibility index (Phi) is 6.37. The zero-order valence-electron chi connectivity index (χ0n) is 16.3. The third-order valence-corrected chi connectivity index (χ3v) is 5.68. The van der Waals surface area contributed by atoms with E-state index in [1.807, 2.05) is 73.3 Å². The first-order valence-corrected chi connectivity index (χ1v) is 10.2. The van der Waals surface area contributed by atoms with Crippen LogP contribution in [0.5, 0.6) is 0 Å². The predicted octanol–water partition coefficient (Wildman–Crippen LogP) is 5.24. The standard InChI is InChI=1S/C22H24ClN3OS/c1-4-25-15(3)19(21(27)24-18-9-7-6-8-10-18)20(26(5-2)22(25)28)16-11-13-17(23)14-12-16/h6-14,20H,4-5H2,1-3H3,(H,24,27). The van der Waals surface area contributed by atoms with Crippen LogP contribution < -0.4 is 5.32 Å². The van der Waals surface area contributed by atoms with Crippen molar-refractivity contribution in [3.8, 4) is 0 Å². The lowest BCUT2D eigenvalue weighted by Gasteiger charge is -2.44. The molecule has 0 spiro atoms. The Balaban J connectivity index is 2.10. The third-order valence-electron chi connectivity index (χ3n) is 4.98. The van der Waals surface area contributed by atoms with Gasteiger partial charge in [0.05, 0.1) is 11.6 Å². The van der Waals surface area contributed by atoms with Gasteiger partial charge >= 0.3 is 0 Å². The van der Waals surface area contributed by atoms with E-state index < -0.39 is 0 Å². The summed E-state index contributed by atoms with van der Waals surface area (Å²) in [5, 5.41) is 4.44. The van der Waals surface area contributed by atoms with Gasteiger partial charge in [0, 0.05) is 29.5 Å². The number of nitrogens with zero attached hydrogens (tertiary/aromatic N) is 2. The van der Waals surface area contributed by atoms with E-state index in [1.54, 1.807) is 0 Å². The Morgan fingerprint density at radius 2 is 1.71 bits per heavy atom. The summed E-state index contributed by atoms with van der Waals surface area (Å²) in [6, 6.07) is 16.9. The van der Waals surface area contributed by atoms with Gasteiger partial charge in [0.25, 0.3) is 5.91 Å². The zero-order chi connectivity index (χ0) is 20.3. The highest BCUT2D eigenvalue weighted by molar-refractivity contribution is 7.80. The SMILES string of the molecule is CCN1C(=S)N(CC)C(c2ccc(Cl)cc2)C(C(=O)Nc2ccccc2)=C1C. The van der Waals surface area contributed by atoms with E-state index in [4.69, 9.17) is 23.8 Å². The molecule has 4 nitrogen and oxygen atoms in total. The monoisotopic (exact) mass is 413 g/mol. The van der Waals surface area contributed by atoms with Gasteiger partial charge in [0.15, 0.2) is 5.11 Å². The van der Waals surface area contributed by atoms with Crippen molar-refractivity contribution < 1.29 is 4.79 Å². The molecule has 0 aliphatic carbocycles. The molecule has 0 fully saturated rings. The number of carbonyl (C=O) groups excluding carboxylic acids is 1. The molecule has 146 valence electrons. The van der Waals surface area contributed by atoms with E-state index >= 15 is 0 Å². The number of amides is 1. The molecule has 1 amide bonds. The molecule has 0 bridgehead atoms. The van der Waals surface area contributed by atoms with Crippen molar-refractivity contribution in [1.82, 2.24) is 9.80 Å². The Morgan fingerprint density at radius 1 is 1.07 bits per heavy atom. The Morgan fingerprint density at radius 3 is 2.29 bits per heavy atom. The van der Waals surface area contributed by atoms with E-state index in [-0.39, 0.29) is 11.9 Å². The Bertz CT molecular complexity index is 896. The number of allylic oxidation sites excluding steroid dienone is 1. The summed E-state index contributed by atoms with van der Waals surface area (Å²) in [4.78, 5) is 17.5. The normalized spacial score (nSPS) is 17.1. The summed E-state index contributed by atoms with van der Waals surface area (Å²) in [6.45, 7) is 7.45. The average Bonchev–Trinajstić information content (AvgIpc) is 2.69. The lowest BCUT2D eigenvalue weighted by atomic mass is 9.92. The van der Waals surface area contributed by atoms with Crippen molar-refractivity contribution in [3.05, 3.63) is 76.5 Å². The molecule has 0 radical (unpaired) electrons. The van der Waals surface area contributed by atoms with Crippen molar-refractivity contribution in [2.24, 2.45) is 0 Å². The summed E-state index contributed by atoms with van der Waals surface area (Å²) < 4.78 is 0. The molecular formula is C22H24ClN3OS. The number of hydrogen-bond acceptors (Lipinski definition) is 2. The molecular weight excluding hydrogens is 390 g/mol. The highest BCUT2D eigenvalue weighted by Gasteiger charge is 2.38. The minimum Gasteiger partial charge on any atom is -0.338 e. The van der Waals surface area contributed by atoms with Crippen molar-refractivity contribution in [2.75, 3.05) is 18.4 Å². The van der Waals surface area contributed by atoms with Gasteiger partial charge in [-0.3, -0.25) is 4.79 Å². The first-order valence-electron chi connectivity index (χ1n) is 9.38. The molecule has 1 atom stereocenters. The number of rotatable bonds is 5. The fraction of sp³-hybridized carbons (Fsp3) is 0.273. The number of thiocarbonyl (C=S) groups is 1. The number of hydrogen-bond donors (Lipinski definition) is 1. The number of anilines is 1. The van der Waals surface area contributed by atoms with Gasteiger partial charge in [-0.15, -0.1) is 0 Å². The number of para-hydroxylation sites is 1. The molecule has 0 aromatic heterocycles. The maximum Gasteiger partial charge on any atom is 0.255 e. The van der Waals surface area contributed by atoms with Crippen LogP contribution >= 0.6 is 23.8 Å². The smallest absolute Gasteiger partial charge is 0.255 e.